The van der Waals surface area contributed by atoms with Crippen molar-refractivity contribution in [2.45, 2.75) is 58.0 Å². The lowest BCUT2D eigenvalue weighted by Crippen LogP contribution is -2.47. The third kappa shape index (κ3) is 4.94. The smallest absolute Gasteiger partial charge is 0.258 e. The van der Waals surface area contributed by atoms with E-state index in [1.165, 1.54) is 5.56 Å². The van der Waals surface area contributed by atoms with Gasteiger partial charge in [0.25, 0.3) is 5.91 Å². The van der Waals surface area contributed by atoms with Crippen LogP contribution in [-0.4, -0.2) is 57.1 Å². The van der Waals surface area contributed by atoms with Gasteiger partial charge in [-0.1, -0.05) is 17.3 Å². The SMILES string of the molecule is CC(C)(C)NC(=O)COc1ccc(CN2CC[C@H]3OCc4cnnn4[C@H]3C2)cc1. The molecular formula is C21H29N5O3. The summed E-state index contributed by atoms with van der Waals surface area (Å²) in [4.78, 5) is 14.3. The summed E-state index contributed by atoms with van der Waals surface area (Å²) in [5.74, 6) is 0.580. The standard InChI is InChI=1S/C21H29N5O3/c1-21(2,3)23-20(27)14-28-17-6-4-15(5-7-17)11-25-9-8-19-18(12-25)26-16(13-29-19)10-22-24-26/h4-7,10,18-19H,8-9,11-14H2,1-3H3,(H,23,27)/t18-,19+/m0/s1. The molecule has 3 heterocycles. The maximum atomic E-state index is 11.9. The Labute approximate surface area is 171 Å². The molecule has 29 heavy (non-hydrogen) atoms. The van der Waals surface area contributed by atoms with E-state index in [2.05, 4.69) is 32.7 Å². The zero-order chi connectivity index (χ0) is 20.4. The van der Waals surface area contributed by atoms with E-state index in [9.17, 15) is 4.79 Å². The van der Waals surface area contributed by atoms with Crippen molar-refractivity contribution in [1.82, 2.24) is 25.2 Å². The minimum atomic E-state index is -0.256. The Kier molecular flexibility index (Phi) is 5.56. The number of nitrogens with one attached hydrogen (secondary N) is 1. The Bertz CT molecular complexity index is 843. The van der Waals surface area contributed by atoms with E-state index in [1.54, 1.807) is 6.20 Å². The topological polar surface area (TPSA) is 81.5 Å². The van der Waals surface area contributed by atoms with E-state index in [-0.39, 0.29) is 30.2 Å². The molecule has 1 saturated heterocycles. The summed E-state index contributed by atoms with van der Waals surface area (Å²) in [5.41, 5.74) is 2.00. The molecule has 8 nitrogen and oxygen atoms in total. The minimum Gasteiger partial charge on any atom is -0.484 e. The monoisotopic (exact) mass is 399 g/mol. The zero-order valence-electron chi connectivity index (χ0n) is 17.3. The highest BCUT2D eigenvalue weighted by atomic mass is 16.5. The van der Waals surface area contributed by atoms with Crippen LogP contribution in [0.4, 0.5) is 0 Å². The van der Waals surface area contributed by atoms with E-state index < -0.39 is 0 Å². The Morgan fingerprint density at radius 2 is 2.10 bits per heavy atom. The van der Waals surface area contributed by atoms with Crippen LogP contribution in [0, 0.1) is 0 Å². The number of fused-ring (bicyclic) bond motifs is 3. The van der Waals surface area contributed by atoms with Crippen LogP contribution in [0.2, 0.25) is 0 Å². The molecule has 0 spiro atoms. The van der Waals surface area contributed by atoms with Crippen LogP contribution in [-0.2, 0) is 22.7 Å². The third-order valence-corrected chi connectivity index (χ3v) is 5.23. The molecule has 1 aromatic heterocycles. The number of benzene rings is 1. The molecule has 1 aromatic carbocycles. The number of hydrogen-bond donors (Lipinski definition) is 1. The highest BCUT2D eigenvalue weighted by Crippen LogP contribution is 2.30. The van der Waals surface area contributed by atoms with Gasteiger partial charge in [-0.3, -0.25) is 9.69 Å². The summed E-state index contributed by atoms with van der Waals surface area (Å²) in [6.45, 7) is 9.22. The van der Waals surface area contributed by atoms with Gasteiger partial charge in [0, 0.05) is 25.2 Å². The summed E-state index contributed by atoms with van der Waals surface area (Å²) >= 11 is 0. The normalized spacial score (nSPS) is 21.9. The third-order valence-electron chi connectivity index (χ3n) is 5.23. The highest BCUT2D eigenvalue weighted by molar-refractivity contribution is 5.78. The van der Waals surface area contributed by atoms with Crippen LogP contribution >= 0.6 is 0 Å². The molecule has 4 rings (SSSR count). The van der Waals surface area contributed by atoms with Gasteiger partial charge >= 0.3 is 0 Å². The molecule has 8 heteroatoms. The number of carbonyl (C=O) groups is 1. The lowest BCUT2D eigenvalue weighted by atomic mass is 10.00. The van der Waals surface area contributed by atoms with Crippen LogP contribution in [0.1, 0.15) is 44.5 Å². The average molecular weight is 399 g/mol. The first-order valence-corrected chi connectivity index (χ1v) is 10.1. The fourth-order valence-electron chi connectivity index (χ4n) is 3.94. The molecule has 0 unspecified atom stereocenters. The van der Waals surface area contributed by atoms with Crippen molar-refractivity contribution in [3.05, 3.63) is 41.7 Å². The maximum absolute atomic E-state index is 11.9. The molecule has 2 aromatic rings. The van der Waals surface area contributed by atoms with Gasteiger partial charge in [-0.2, -0.15) is 0 Å². The van der Waals surface area contributed by atoms with Crippen molar-refractivity contribution < 1.29 is 14.3 Å². The van der Waals surface area contributed by atoms with Gasteiger partial charge in [-0.25, -0.2) is 4.68 Å². The predicted molar refractivity (Wildman–Crippen MR) is 107 cm³/mol. The number of rotatable bonds is 5. The molecule has 1 fully saturated rings. The number of likely N-dealkylation sites (tertiary alicyclic amines) is 1. The number of aromatic nitrogens is 3. The molecule has 0 saturated carbocycles. The molecule has 2 atom stereocenters. The second kappa shape index (κ2) is 8.12. The summed E-state index contributed by atoms with van der Waals surface area (Å²) in [5, 5.41) is 11.2. The molecule has 1 amide bonds. The van der Waals surface area contributed by atoms with E-state index in [0.717, 1.165) is 31.7 Å². The Morgan fingerprint density at radius 1 is 1.31 bits per heavy atom. The lowest BCUT2D eigenvalue weighted by molar-refractivity contribution is -0.124. The van der Waals surface area contributed by atoms with E-state index in [0.29, 0.717) is 12.4 Å². The van der Waals surface area contributed by atoms with Crippen LogP contribution in [0.5, 0.6) is 5.75 Å². The van der Waals surface area contributed by atoms with Crippen molar-refractivity contribution in [1.29, 1.82) is 0 Å². The van der Waals surface area contributed by atoms with E-state index >= 15 is 0 Å². The Balaban J connectivity index is 1.30. The van der Waals surface area contributed by atoms with Gasteiger partial charge in [0.1, 0.15) is 5.75 Å². The van der Waals surface area contributed by atoms with Gasteiger partial charge in [-0.05, 0) is 44.9 Å². The quantitative estimate of drug-likeness (QED) is 0.827. The largest absolute Gasteiger partial charge is 0.484 e. The number of carbonyl (C=O) groups excluding carboxylic acids is 1. The Hall–Kier alpha value is -2.45. The molecule has 0 radical (unpaired) electrons. The van der Waals surface area contributed by atoms with Gasteiger partial charge in [-0.15, -0.1) is 5.10 Å². The van der Waals surface area contributed by atoms with Gasteiger partial charge in [0.15, 0.2) is 6.61 Å². The summed E-state index contributed by atoms with van der Waals surface area (Å²) in [7, 11) is 0. The predicted octanol–water partition coefficient (Wildman–Crippen LogP) is 1.92. The van der Waals surface area contributed by atoms with Gasteiger partial charge < -0.3 is 14.8 Å². The summed E-state index contributed by atoms with van der Waals surface area (Å²) < 4.78 is 13.6. The van der Waals surface area contributed by atoms with Crippen molar-refractivity contribution in [3.8, 4) is 5.75 Å². The Morgan fingerprint density at radius 3 is 2.86 bits per heavy atom. The highest BCUT2D eigenvalue weighted by Gasteiger charge is 2.36. The molecule has 2 aliphatic heterocycles. The van der Waals surface area contributed by atoms with E-state index in [1.807, 2.05) is 37.6 Å². The number of hydrogen-bond acceptors (Lipinski definition) is 6. The molecule has 2 aliphatic rings. The minimum absolute atomic E-state index is 0.0199. The molecule has 1 N–H and O–H groups in total. The first-order chi connectivity index (χ1) is 13.9. The number of piperidine rings is 1. The number of ether oxygens (including phenoxy) is 2. The fraction of sp³-hybridized carbons (Fsp3) is 0.571. The first-order valence-electron chi connectivity index (χ1n) is 10.1. The zero-order valence-corrected chi connectivity index (χ0v) is 17.3. The fourth-order valence-corrected chi connectivity index (χ4v) is 3.94. The van der Waals surface area contributed by atoms with Crippen LogP contribution < -0.4 is 10.1 Å². The van der Waals surface area contributed by atoms with Crippen molar-refractivity contribution >= 4 is 5.91 Å². The molecule has 156 valence electrons. The van der Waals surface area contributed by atoms with Gasteiger partial charge in [0.2, 0.25) is 0 Å². The maximum Gasteiger partial charge on any atom is 0.258 e. The number of nitrogens with zero attached hydrogens (tertiary/aromatic N) is 4. The van der Waals surface area contributed by atoms with Crippen molar-refractivity contribution in [2.75, 3.05) is 19.7 Å². The lowest BCUT2D eigenvalue weighted by Gasteiger charge is -2.41. The van der Waals surface area contributed by atoms with Crippen LogP contribution in [0.3, 0.4) is 0 Å². The number of amides is 1. The van der Waals surface area contributed by atoms with Crippen LogP contribution in [0.15, 0.2) is 30.5 Å². The summed E-state index contributed by atoms with van der Waals surface area (Å²) in [6, 6.07) is 8.18. The van der Waals surface area contributed by atoms with Crippen molar-refractivity contribution in [2.24, 2.45) is 0 Å². The second-order valence-corrected chi connectivity index (χ2v) is 8.84. The summed E-state index contributed by atoms with van der Waals surface area (Å²) in [6.07, 6.45) is 3.00. The van der Waals surface area contributed by atoms with Crippen LogP contribution in [0.25, 0.3) is 0 Å². The molecule has 0 aliphatic carbocycles. The molecule has 0 bridgehead atoms. The van der Waals surface area contributed by atoms with E-state index in [4.69, 9.17) is 9.47 Å². The first kappa shape index (κ1) is 19.8. The average Bonchev–Trinajstić information content (AvgIpc) is 3.15. The van der Waals surface area contributed by atoms with Crippen molar-refractivity contribution in [3.63, 3.8) is 0 Å². The molecular weight excluding hydrogens is 370 g/mol. The van der Waals surface area contributed by atoms with Gasteiger partial charge in [0.05, 0.1) is 30.6 Å². The second-order valence-electron chi connectivity index (χ2n) is 8.84.